The molecule has 5 nitrogen and oxygen atoms in total. The van der Waals surface area contributed by atoms with E-state index in [1.165, 1.54) is 4.90 Å². The smallest absolute Gasteiger partial charge is 0.397 e. The molecule has 1 saturated heterocycles. The fraction of sp³-hybridized carbons (Fsp3) is 0.556. The molecule has 0 spiro atoms. The van der Waals surface area contributed by atoms with Gasteiger partial charge in [-0.25, -0.2) is 9.18 Å². The third-order valence-corrected chi connectivity index (χ3v) is 1.83. The topological polar surface area (TPSA) is 55.8 Å². The number of halogens is 1. The lowest BCUT2D eigenvalue weighted by Crippen LogP contribution is -2.44. The summed E-state index contributed by atoms with van der Waals surface area (Å²) in [5.41, 5.74) is 0. The van der Waals surface area contributed by atoms with Crippen molar-refractivity contribution >= 4 is 11.9 Å². The van der Waals surface area contributed by atoms with Crippen LogP contribution in [0.4, 0.5) is 4.39 Å². The molecule has 0 aromatic heterocycles. The number of hydrogen-bond donors (Lipinski definition) is 0. The van der Waals surface area contributed by atoms with E-state index in [-0.39, 0.29) is 0 Å². The molecule has 1 aliphatic rings. The zero-order chi connectivity index (χ0) is 11.3. The van der Waals surface area contributed by atoms with E-state index in [2.05, 4.69) is 11.3 Å². The van der Waals surface area contributed by atoms with Gasteiger partial charge in [-0.3, -0.25) is 4.79 Å². The Morgan fingerprint density at radius 3 is 2.53 bits per heavy atom. The summed E-state index contributed by atoms with van der Waals surface area (Å²) >= 11 is 0. The number of ether oxygens (including phenoxy) is 2. The average Bonchev–Trinajstić information content (AvgIpc) is 2.26. The lowest BCUT2D eigenvalue weighted by molar-refractivity contribution is -0.161. The van der Waals surface area contributed by atoms with Crippen LogP contribution in [0.15, 0.2) is 12.4 Å². The Labute approximate surface area is 86.4 Å². The Morgan fingerprint density at radius 1 is 1.40 bits per heavy atom. The Hall–Kier alpha value is -1.43. The maximum Gasteiger partial charge on any atom is 0.397 e. The first-order chi connectivity index (χ1) is 7.11. The lowest BCUT2D eigenvalue weighted by atomic mass is 10.4. The van der Waals surface area contributed by atoms with Gasteiger partial charge in [-0.2, -0.15) is 0 Å². The summed E-state index contributed by atoms with van der Waals surface area (Å²) in [5, 5.41) is 0. The molecule has 1 amide bonds. The molecule has 15 heavy (non-hydrogen) atoms. The van der Waals surface area contributed by atoms with Gasteiger partial charge in [0.15, 0.2) is 0 Å². The van der Waals surface area contributed by atoms with Crippen LogP contribution in [0, 0.1) is 0 Å². The summed E-state index contributed by atoms with van der Waals surface area (Å²) < 4.78 is 21.5. The molecule has 1 heterocycles. The van der Waals surface area contributed by atoms with E-state index >= 15 is 0 Å². The fourth-order valence-electron chi connectivity index (χ4n) is 1.10. The first kappa shape index (κ1) is 11.6. The van der Waals surface area contributed by atoms with Crippen molar-refractivity contribution in [1.82, 2.24) is 4.90 Å². The lowest BCUT2D eigenvalue weighted by Gasteiger charge is -2.25. The summed E-state index contributed by atoms with van der Waals surface area (Å²) in [4.78, 5) is 23.8. The summed E-state index contributed by atoms with van der Waals surface area (Å²) in [5.74, 6) is -2.62. The van der Waals surface area contributed by atoms with Crippen molar-refractivity contribution in [2.24, 2.45) is 0 Å². The van der Waals surface area contributed by atoms with E-state index in [9.17, 15) is 14.0 Å². The number of morpholine rings is 1. The minimum absolute atomic E-state index is 0.352. The predicted molar refractivity (Wildman–Crippen MR) is 48.6 cm³/mol. The van der Waals surface area contributed by atoms with E-state index in [1.54, 1.807) is 0 Å². The highest BCUT2D eigenvalue weighted by Crippen LogP contribution is 2.00. The monoisotopic (exact) mass is 217 g/mol. The van der Waals surface area contributed by atoms with Gasteiger partial charge in [-0.1, -0.05) is 6.58 Å². The molecule has 1 aliphatic heterocycles. The van der Waals surface area contributed by atoms with Gasteiger partial charge in [0.2, 0.25) is 0 Å². The Bertz CT molecular complexity index is 273. The molecule has 0 saturated carbocycles. The van der Waals surface area contributed by atoms with Crippen LogP contribution < -0.4 is 0 Å². The molecule has 0 aromatic carbocycles. The van der Waals surface area contributed by atoms with Crippen LogP contribution in [0.25, 0.3) is 0 Å². The number of esters is 1. The largest absolute Gasteiger partial charge is 0.451 e. The zero-order valence-corrected chi connectivity index (χ0v) is 8.20. The number of rotatable bonds is 2. The highest BCUT2D eigenvalue weighted by Gasteiger charge is 2.24. The summed E-state index contributed by atoms with van der Waals surface area (Å²) in [6.45, 7) is 3.83. The molecule has 1 fully saturated rings. The predicted octanol–water partition coefficient (Wildman–Crippen LogP) is -0.128. The molecule has 0 bridgehead atoms. The Morgan fingerprint density at radius 2 is 2.00 bits per heavy atom. The van der Waals surface area contributed by atoms with Crippen molar-refractivity contribution in [1.29, 1.82) is 0 Å². The van der Waals surface area contributed by atoms with Gasteiger partial charge in [-0.05, 0) is 0 Å². The molecular formula is C9H12FNO4. The van der Waals surface area contributed by atoms with Gasteiger partial charge in [0.25, 0.3) is 0 Å². The van der Waals surface area contributed by atoms with E-state index in [0.29, 0.717) is 26.3 Å². The maximum absolute atomic E-state index is 12.2. The third kappa shape index (κ3) is 3.67. The van der Waals surface area contributed by atoms with E-state index in [0.717, 1.165) is 0 Å². The molecule has 0 unspecified atom stereocenters. The van der Waals surface area contributed by atoms with Crippen molar-refractivity contribution < 1.29 is 23.5 Å². The molecule has 84 valence electrons. The molecule has 1 rings (SSSR count). The van der Waals surface area contributed by atoms with Crippen LogP contribution in [-0.4, -0.2) is 49.7 Å². The SMILES string of the molecule is C=C(F)COC(=O)C(=O)N1CCOCC1. The first-order valence-electron chi connectivity index (χ1n) is 4.48. The summed E-state index contributed by atoms with van der Waals surface area (Å²) in [7, 11) is 0. The number of nitrogens with zero attached hydrogens (tertiary/aromatic N) is 1. The van der Waals surface area contributed by atoms with Crippen molar-refractivity contribution in [2.45, 2.75) is 0 Å². The summed E-state index contributed by atoms with van der Waals surface area (Å²) in [6.07, 6.45) is 0. The molecular weight excluding hydrogens is 205 g/mol. The Balaban J connectivity index is 2.37. The van der Waals surface area contributed by atoms with Crippen LogP contribution in [0.2, 0.25) is 0 Å². The van der Waals surface area contributed by atoms with Crippen molar-refractivity contribution in [3.05, 3.63) is 12.4 Å². The first-order valence-corrected chi connectivity index (χ1v) is 4.48. The summed E-state index contributed by atoms with van der Waals surface area (Å²) in [6, 6.07) is 0. The van der Waals surface area contributed by atoms with Gasteiger partial charge in [-0.15, -0.1) is 0 Å². The molecule has 0 radical (unpaired) electrons. The van der Waals surface area contributed by atoms with Crippen molar-refractivity contribution in [2.75, 3.05) is 32.9 Å². The second-order valence-electron chi connectivity index (χ2n) is 3.00. The van der Waals surface area contributed by atoms with Crippen LogP contribution in [0.1, 0.15) is 0 Å². The third-order valence-electron chi connectivity index (χ3n) is 1.83. The standard InChI is InChI=1S/C9H12FNO4/c1-7(10)6-15-9(13)8(12)11-2-4-14-5-3-11/h1-6H2. The molecule has 0 aliphatic carbocycles. The van der Waals surface area contributed by atoms with E-state index in [4.69, 9.17) is 4.74 Å². The molecule has 6 heteroatoms. The van der Waals surface area contributed by atoms with Gasteiger partial charge in [0.1, 0.15) is 12.4 Å². The van der Waals surface area contributed by atoms with Crippen molar-refractivity contribution in [3.8, 4) is 0 Å². The van der Waals surface area contributed by atoms with Gasteiger partial charge in [0.05, 0.1) is 13.2 Å². The second-order valence-corrected chi connectivity index (χ2v) is 3.00. The normalized spacial score (nSPS) is 15.9. The van der Waals surface area contributed by atoms with E-state index in [1.807, 2.05) is 0 Å². The van der Waals surface area contributed by atoms with Gasteiger partial charge < -0.3 is 14.4 Å². The number of amides is 1. The van der Waals surface area contributed by atoms with Crippen LogP contribution in [0.5, 0.6) is 0 Å². The van der Waals surface area contributed by atoms with Crippen LogP contribution in [0.3, 0.4) is 0 Å². The highest BCUT2D eigenvalue weighted by molar-refractivity contribution is 6.32. The maximum atomic E-state index is 12.2. The average molecular weight is 217 g/mol. The zero-order valence-electron chi connectivity index (χ0n) is 8.20. The van der Waals surface area contributed by atoms with Gasteiger partial charge in [0, 0.05) is 13.1 Å². The Kier molecular flexibility index (Phi) is 4.23. The minimum Gasteiger partial charge on any atom is -0.451 e. The van der Waals surface area contributed by atoms with Crippen LogP contribution >= 0.6 is 0 Å². The fourth-order valence-corrected chi connectivity index (χ4v) is 1.10. The number of carbonyl (C=O) groups is 2. The van der Waals surface area contributed by atoms with Crippen LogP contribution in [-0.2, 0) is 19.1 Å². The van der Waals surface area contributed by atoms with E-state index < -0.39 is 24.3 Å². The molecule has 0 atom stereocenters. The number of carbonyl (C=O) groups excluding carboxylic acids is 2. The molecule has 0 N–H and O–H groups in total. The number of hydrogen-bond acceptors (Lipinski definition) is 4. The van der Waals surface area contributed by atoms with Crippen molar-refractivity contribution in [3.63, 3.8) is 0 Å². The highest BCUT2D eigenvalue weighted by atomic mass is 19.1. The minimum atomic E-state index is -1.06. The quantitative estimate of drug-likeness (QED) is 0.477. The molecule has 0 aromatic rings. The van der Waals surface area contributed by atoms with Gasteiger partial charge >= 0.3 is 11.9 Å². The second kappa shape index (κ2) is 5.45.